The van der Waals surface area contributed by atoms with Gasteiger partial charge in [-0.15, -0.1) is 0 Å². The van der Waals surface area contributed by atoms with E-state index in [1.165, 1.54) is 6.42 Å². The van der Waals surface area contributed by atoms with Crippen LogP contribution in [0.2, 0.25) is 0 Å². The largest absolute Gasteiger partial charge is 0.481 e. The van der Waals surface area contributed by atoms with Gasteiger partial charge in [0.1, 0.15) is 0 Å². The highest BCUT2D eigenvalue weighted by Gasteiger charge is 2.22. The maximum absolute atomic E-state index is 11.5. The first-order valence-electron chi connectivity index (χ1n) is 5.58. The molecule has 0 aromatic carbocycles. The van der Waals surface area contributed by atoms with Crippen molar-refractivity contribution >= 4 is 11.9 Å². The number of aliphatic carboxylic acids is 1. The van der Waals surface area contributed by atoms with Gasteiger partial charge in [0.05, 0.1) is 12.5 Å². The molecular weight excluding hydrogens is 196 g/mol. The van der Waals surface area contributed by atoms with Crippen LogP contribution in [0.5, 0.6) is 0 Å². The smallest absolute Gasteiger partial charge is 0.308 e. The Kier molecular flexibility index (Phi) is 5.15. The molecule has 1 saturated carbocycles. The normalized spacial score (nSPS) is 17.3. The molecule has 15 heavy (non-hydrogen) atoms. The number of carbonyl (C=O) groups excluding carboxylic acids is 1. The van der Waals surface area contributed by atoms with E-state index >= 15 is 0 Å². The van der Waals surface area contributed by atoms with Gasteiger partial charge in [-0.25, -0.2) is 0 Å². The lowest BCUT2D eigenvalue weighted by atomic mass is 9.89. The fourth-order valence-corrected chi connectivity index (χ4v) is 1.85. The number of carboxylic acids is 1. The maximum Gasteiger partial charge on any atom is 0.308 e. The molecule has 1 aliphatic carbocycles. The molecule has 0 aromatic rings. The molecule has 4 heteroatoms. The van der Waals surface area contributed by atoms with Crippen molar-refractivity contribution < 1.29 is 19.4 Å². The van der Waals surface area contributed by atoms with Crippen molar-refractivity contribution in [2.45, 2.75) is 44.9 Å². The first-order valence-corrected chi connectivity index (χ1v) is 5.58. The Morgan fingerprint density at radius 2 is 1.87 bits per heavy atom. The lowest BCUT2D eigenvalue weighted by Gasteiger charge is -2.19. The van der Waals surface area contributed by atoms with Gasteiger partial charge in [0.2, 0.25) is 0 Å². The number of hydrogen-bond acceptors (Lipinski definition) is 3. The molecule has 0 radical (unpaired) electrons. The fourth-order valence-electron chi connectivity index (χ4n) is 1.85. The summed E-state index contributed by atoms with van der Waals surface area (Å²) in [6.45, 7) is 0.238. The van der Waals surface area contributed by atoms with E-state index in [2.05, 4.69) is 0 Å². The summed E-state index contributed by atoms with van der Waals surface area (Å²) >= 11 is 0. The van der Waals surface area contributed by atoms with Gasteiger partial charge in [0, 0.05) is 6.42 Å². The van der Waals surface area contributed by atoms with E-state index in [4.69, 9.17) is 9.84 Å². The second-order valence-electron chi connectivity index (χ2n) is 4.00. The third-order valence-electron chi connectivity index (χ3n) is 2.72. The van der Waals surface area contributed by atoms with E-state index < -0.39 is 5.97 Å². The Morgan fingerprint density at radius 3 is 2.47 bits per heavy atom. The number of rotatable bonds is 5. The SMILES string of the molecule is O=C(O)CCCOC(=O)C1CCCCC1. The van der Waals surface area contributed by atoms with Crippen LogP contribution in [0.3, 0.4) is 0 Å². The molecule has 0 saturated heterocycles. The van der Waals surface area contributed by atoms with Gasteiger partial charge in [-0.05, 0) is 19.3 Å². The van der Waals surface area contributed by atoms with E-state index in [-0.39, 0.29) is 24.9 Å². The Balaban J connectivity index is 2.09. The molecule has 1 fully saturated rings. The summed E-state index contributed by atoms with van der Waals surface area (Å²) in [5, 5.41) is 8.39. The molecule has 0 aliphatic heterocycles. The predicted octanol–water partition coefficient (Wildman–Crippen LogP) is 1.97. The van der Waals surface area contributed by atoms with Gasteiger partial charge in [0.25, 0.3) is 0 Å². The highest BCUT2D eigenvalue weighted by atomic mass is 16.5. The summed E-state index contributed by atoms with van der Waals surface area (Å²) in [5.74, 6) is -0.924. The van der Waals surface area contributed by atoms with E-state index in [0.717, 1.165) is 25.7 Å². The molecule has 1 rings (SSSR count). The van der Waals surface area contributed by atoms with Crippen molar-refractivity contribution in [1.29, 1.82) is 0 Å². The predicted molar refractivity (Wildman–Crippen MR) is 54.4 cm³/mol. The summed E-state index contributed by atoms with van der Waals surface area (Å²) in [4.78, 5) is 21.7. The lowest BCUT2D eigenvalue weighted by Crippen LogP contribution is -2.20. The summed E-state index contributed by atoms with van der Waals surface area (Å²) in [6.07, 6.45) is 5.76. The summed E-state index contributed by atoms with van der Waals surface area (Å²) in [7, 11) is 0. The zero-order valence-electron chi connectivity index (χ0n) is 8.91. The molecule has 0 aromatic heterocycles. The third-order valence-corrected chi connectivity index (χ3v) is 2.72. The van der Waals surface area contributed by atoms with Crippen LogP contribution in [-0.4, -0.2) is 23.7 Å². The third kappa shape index (κ3) is 4.81. The average molecular weight is 214 g/mol. The van der Waals surface area contributed by atoms with Gasteiger partial charge in [0.15, 0.2) is 0 Å². The molecule has 1 aliphatic rings. The van der Waals surface area contributed by atoms with Crippen molar-refractivity contribution in [3.8, 4) is 0 Å². The van der Waals surface area contributed by atoms with Crippen LogP contribution < -0.4 is 0 Å². The Hall–Kier alpha value is -1.06. The fraction of sp³-hybridized carbons (Fsp3) is 0.818. The Morgan fingerprint density at radius 1 is 1.20 bits per heavy atom. The molecule has 0 unspecified atom stereocenters. The van der Waals surface area contributed by atoms with E-state index in [1.807, 2.05) is 0 Å². The van der Waals surface area contributed by atoms with Crippen LogP contribution in [0, 0.1) is 5.92 Å². The van der Waals surface area contributed by atoms with E-state index in [1.54, 1.807) is 0 Å². The quantitative estimate of drug-likeness (QED) is 0.561. The monoisotopic (exact) mass is 214 g/mol. The number of carboxylic acid groups (broad SMARTS) is 1. The molecule has 0 spiro atoms. The van der Waals surface area contributed by atoms with E-state index in [9.17, 15) is 9.59 Å². The number of hydrogen-bond donors (Lipinski definition) is 1. The van der Waals surface area contributed by atoms with Crippen LogP contribution >= 0.6 is 0 Å². The zero-order chi connectivity index (χ0) is 11.1. The minimum absolute atomic E-state index is 0.0589. The highest BCUT2D eigenvalue weighted by Crippen LogP contribution is 2.24. The van der Waals surface area contributed by atoms with Crippen molar-refractivity contribution in [1.82, 2.24) is 0 Å². The molecular formula is C11H18O4. The van der Waals surface area contributed by atoms with Gasteiger partial charge in [-0.1, -0.05) is 19.3 Å². The van der Waals surface area contributed by atoms with Gasteiger partial charge < -0.3 is 9.84 Å². The maximum atomic E-state index is 11.5. The molecule has 0 heterocycles. The van der Waals surface area contributed by atoms with Crippen LogP contribution in [0.4, 0.5) is 0 Å². The van der Waals surface area contributed by atoms with Crippen LogP contribution in [0.25, 0.3) is 0 Å². The Labute approximate surface area is 89.6 Å². The zero-order valence-corrected chi connectivity index (χ0v) is 8.91. The number of ether oxygens (including phenoxy) is 1. The Bertz CT molecular complexity index is 219. The van der Waals surface area contributed by atoms with E-state index in [0.29, 0.717) is 6.42 Å². The van der Waals surface area contributed by atoms with Crippen molar-refractivity contribution in [3.63, 3.8) is 0 Å². The molecule has 4 nitrogen and oxygen atoms in total. The first kappa shape index (κ1) is 12.0. The minimum Gasteiger partial charge on any atom is -0.481 e. The lowest BCUT2D eigenvalue weighted by molar-refractivity contribution is -0.150. The van der Waals surface area contributed by atoms with Gasteiger partial charge >= 0.3 is 11.9 Å². The van der Waals surface area contributed by atoms with Crippen LogP contribution in [0.1, 0.15) is 44.9 Å². The topological polar surface area (TPSA) is 63.6 Å². The van der Waals surface area contributed by atoms with Crippen molar-refractivity contribution in [3.05, 3.63) is 0 Å². The average Bonchev–Trinajstić information content (AvgIpc) is 2.25. The standard InChI is InChI=1S/C11H18O4/c12-10(13)7-4-8-15-11(14)9-5-2-1-3-6-9/h9H,1-8H2,(H,12,13). The summed E-state index contributed by atoms with van der Waals surface area (Å²) in [5.41, 5.74) is 0. The van der Waals surface area contributed by atoms with Crippen molar-refractivity contribution in [2.24, 2.45) is 5.92 Å². The molecule has 86 valence electrons. The van der Waals surface area contributed by atoms with Crippen LogP contribution in [-0.2, 0) is 14.3 Å². The van der Waals surface area contributed by atoms with Crippen molar-refractivity contribution in [2.75, 3.05) is 6.61 Å². The summed E-state index contributed by atoms with van der Waals surface area (Å²) in [6, 6.07) is 0. The number of esters is 1. The summed E-state index contributed by atoms with van der Waals surface area (Å²) < 4.78 is 5.03. The first-order chi connectivity index (χ1) is 7.20. The highest BCUT2D eigenvalue weighted by molar-refractivity contribution is 5.72. The molecule has 0 atom stereocenters. The molecule has 0 bridgehead atoms. The second kappa shape index (κ2) is 6.43. The minimum atomic E-state index is -0.844. The van der Waals surface area contributed by atoms with Gasteiger partial charge in [-0.2, -0.15) is 0 Å². The van der Waals surface area contributed by atoms with Crippen LogP contribution in [0.15, 0.2) is 0 Å². The number of carbonyl (C=O) groups is 2. The van der Waals surface area contributed by atoms with Gasteiger partial charge in [-0.3, -0.25) is 9.59 Å². The molecule has 1 N–H and O–H groups in total. The second-order valence-corrected chi connectivity index (χ2v) is 4.00. The molecule has 0 amide bonds.